The Hall–Kier alpha value is -0.210. The van der Waals surface area contributed by atoms with Crippen molar-refractivity contribution in [2.24, 2.45) is 0 Å². The van der Waals surface area contributed by atoms with E-state index in [0.717, 1.165) is 16.7 Å². The fraction of sp³-hybridized carbons (Fsp3) is 0.273. The molecule has 0 radical (unpaired) electrons. The first-order valence-corrected chi connectivity index (χ1v) is 5.99. The molecule has 0 unspecified atom stereocenters. The lowest BCUT2D eigenvalue weighted by atomic mass is 10.2. The number of benzene rings is 1. The Morgan fingerprint density at radius 2 is 2.31 bits per heavy atom. The van der Waals surface area contributed by atoms with Crippen LogP contribution in [0.15, 0.2) is 40.2 Å². The molecule has 70 valence electrons. The molecule has 0 spiro atoms. The van der Waals surface area contributed by atoms with Crippen LogP contribution in [0.25, 0.3) is 0 Å². The maximum atomic E-state index is 3.81. The van der Waals surface area contributed by atoms with Gasteiger partial charge in [-0.1, -0.05) is 40.2 Å². The number of hydrogen-bond acceptors (Lipinski definition) is 1. The zero-order valence-electron chi connectivity index (χ0n) is 7.72. The van der Waals surface area contributed by atoms with E-state index in [1.54, 1.807) is 0 Å². The highest BCUT2D eigenvalue weighted by atomic mass is 79.9. The monoisotopic (exact) mass is 256 g/mol. The molecular formula is C11H13BrS. The molecule has 0 saturated heterocycles. The van der Waals surface area contributed by atoms with Gasteiger partial charge in [0, 0.05) is 10.6 Å². The highest BCUT2D eigenvalue weighted by Crippen LogP contribution is 2.21. The van der Waals surface area contributed by atoms with Crippen LogP contribution >= 0.6 is 27.7 Å². The minimum absolute atomic E-state index is 1.03. The summed E-state index contributed by atoms with van der Waals surface area (Å²) < 4.78 is 1.08. The smallest absolute Gasteiger partial charge is 0.00746 e. The highest BCUT2D eigenvalue weighted by Gasteiger charge is 1.94. The van der Waals surface area contributed by atoms with Crippen LogP contribution in [0, 0.1) is 6.92 Å². The van der Waals surface area contributed by atoms with E-state index in [1.807, 2.05) is 11.8 Å². The van der Waals surface area contributed by atoms with Crippen LogP contribution in [0.2, 0.25) is 0 Å². The fourth-order valence-corrected chi connectivity index (χ4v) is 2.47. The summed E-state index contributed by atoms with van der Waals surface area (Å²) in [6.45, 7) is 5.93. The highest BCUT2D eigenvalue weighted by molar-refractivity contribution is 9.11. The lowest BCUT2D eigenvalue weighted by Crippen LogP contribution is -1.79. The van der Waals surface area contributed by atoms with Gasteiger partial charge < -0.3 is 0 Å². The third-order valence-corrected chi connectivity index (χ3v) is 3.02. The van der Waals surface area contributed by atoms with Crippen LogP contribution in [0.4, 0.5) is 0 Å². The van der Waals surface area contributed by atoms with Crippen molar-refractivity contribution in [3.05, 3.63) is 40.9 Å². The largest absolute Gasteiger partial charge is 0.126 e. The van der Waals surface area contributed by atoms with Gasteiger partial charge in [0.05, 0.1) is 0 Å². The molecule has 1 rings (SSSR count). The number of thioether (sulfide) groups is 1. The molecule has 0 aliphatic heterocycles. The first-order chi connectivity index (χ1) is 6.18. The summed E-state index contributed by atoms with van der Waals surface area (Å²) in [5.41, 5.74) is 1.32. The summed E-state index contributed by atoms with van der Waals surface area (Å²) in [7, 11) is 0. The van der Waals surface area contributed by atoms with Crippen molar-refractivity contribution in [3.8, 4) is 0 Å². The minimum atomic E-state index is 1.03. The number of halogens is 1. The Morgan fingerprint density at radius 3 is 2.92 bits per heavy atom. The quantitative estimate of drug-likeness (QED) is 0.721. The first kappa shape index (κ1) is 10.9. The third-order valence-electron chi connectivity index (χ3n) is 1.63. The molecule has 0 aliphatic carbocycles. The Morgan fingerprint density at radius 1 is 1.54 bits per heavy atom. The molecule has 0 fully saturated rings. The summed E-state index contributed by atoms with van der Waals surface area (Å²) >= 11 is 5.23. The Labute approximate surface area is 92.6 Å². The average Bonchev–Trinajstić information content (AvgIpc) is 2.03. The van der Waals surface area contributed by atoms with Crippen molar-refractivity contribution in [2.45, 2.75) is 18.2 Å². The van der Waals surface area contributed by atoms with Gasteiger partial charge in [0.15, 0.2) is 0 Å². The van der Waals surface area contributed by atoms with E-state index in [4.69, 9.17) is 0 Å². The van der Waals surface area contributed by atoms with Crippen molar-refractivity contribution < 1.29 is 0 Å². The van der Waals surface area contributed by atoms with E-state index in [9.17, 15) is 0 Å². The molecule has 0 heterocycles. The Balaban J connectivity index is 2.41. The molecule has 0 amide bonds. The minimum Gasteiger partial charge on any atom is -0.126 e. The van der Waals surface area contributed by atoms with Gasteiger partial charge in [-0.3, -0.25) is 0 Å². The SMILES string of the molecule is C=C(Br)CCSc1cccc(C)c1. The first-order valence-electron chi connectivity index (χ1n) is 4.21. The summed E-state index contributed by atoms with van der Waals surface area (Å²) in [6.07, 6.45) is 1.03. The van der Waals surface area contributed by atoms with E-state index in [-0.39, 0.29) is 0 Å². The summed E-state index contributed by atoms with van der Waals surface area (Å²) in [4.78, 5) is 1.34. The van der Waals surface area contributed by atoms with Gasteiger partial charge in [-0.05, 0) is 30.0 Å². The maximum Gasteiger partial charge on any atom is 0.00746 e. The number of allylic oxidation sites excluding steroid dienone is 1. The van der Waals surface area contributed by atoms with Crippen molar-refractivity contribution in [1.82, 2.24) is 0 Å². The molecule has 0 nitrogen and oxygen atoms in total. The molecular weight excluding hydrogens is 244 g/mol. The lowest BCUT2D eigenvalue weighted by molar-refractivity contribution is 1.23. The van der Waals surface area contributed by atoms with Crippen LogP contribution in [0.3, 0.4) is 0 Å². The third kappa shape index (κ3) is 4.53. The summed E-state index contributed by atoms with van der Waals surface area (Å²) in [5.74, 6) is 1.09. The van der Waals surface area contributed by atoms with Crippen LogP contribution in [0.1, 0.15) is 12.0 Å². The molecule has 13 heavy (non-hydrogen) atoms. The van der Waals surface area contributed by atoms with Gasteiger partial charge in [0.25, 0.3) is 0 Å². The predicted octanol–water partition coefficient (Wildman–Crippen LogP) is 4.39. The Bertz CT molecular complexity index is 294. The predicted molar refractivity (Wildman–Crippen MR) is 64.6 cm³/mol. The van der Waals surface area contributed by atoms with E-state index in [0.29, 0.717) is 0 Å². The second-order valence-corrected chi connectivity index (χ2v) is 5.22. The molecule has 0 bridgehead atoms. The fourth-order valence-electron chi connectivity index (χ4n) is 0.985. The number of hydrogen-bond donors (Lipinski definition) is 0. The zero-order valence-corrected chi connectivity index (χ0v) is 10.1. The molecule has 2 heteroatoms. The second-order valence-electron chi connectivity index (χ2n) is 2.93. The Kier molecular flexibility index (Phi) is 4.60. The van der Waals surface area contributed by atoms with Crippen LogP contribution in [0.5, 0.6) is 0 Å². The van der Waals surface area contributed by atoms with Crippen molar-refractivity contribution in [1.29, 1.82) is 0 Å². The molecule has 1 aromatic carbocycles. The van der Waals surface area contributed by atoms with Crippen LogP contribution in [-0.2, 0) is 0 Å². The second kappa shape index (κ2) is 5.51. The van der Waals surface area contributed by atoms with Gasteiger partial charge in [0.1, 0.15) is 0 Å². The summed E-state index contributed by atoms with van der Waals surface area (Å²) in [6, 6.07) is 8.57. The van der Waals surface area contributed by atoms with Crippen molar-refractivity contribution in [3.63, 3.8) is 0 Å². The van der Waals surface area contributed by atoms with E-state index in [1.165, 1.54) is 10.5 Å². The number of rotatable bonds is 4. The molecule has 0 aliphatic rings. The molecule has 0 saturated carbocycles. The van der Waals surface area contributed by atoms with E-state index in [2.05, 4.69) is 53.7 Å². The topological polar surface area (TPSA) is 0 Å². The lowest BCUT2D eigenvalue weighted by Gasteiger charge is -2.01. The van der Waals surface area contributed by atoms with Crippen molar-refractivity contribution >= 4 is 27.7 Å². The van der Waals surface area contributed by atoms with Gasteiger partial charge in [-0.15, -0.1) is 11.8 Å². The van der Waals surface area contributed by atoms with Gasteiger partial charge in [-0.2, -0.15) is 0 Å². The van der Waals surface area contributed by atoms with Gasteiger partial charge in [-0.25, -0.2) is 0 Å². The van der Waals surface area contributed by atoms with Crippen LogP contribution < -0.4 is 0 Å². The van der Waals surface area contributed by atoms with E-state index < -0.39 is 0 Å². The molecule has 0 aromatic heterocycles. The maximum absolute atomic E-state index is 3.81. The van der Waals surface area contributed by atoms with E-state index >= 15 is 0 Å². The molecule has 0 atom stereocenters. The van der Waals surface area contributed by atoms with Gasteiger partial charge in [0.2, 0.25) is 0 Å². The van der Waals surface area contributed by atoms with Crippen molar-refractivity contribution in [2.75, 3.05) is 5.75 Å². The molecule has 0 N–H and O–H groups in total. The molecule has 1 aromatic rings. The van der Waals surface area contributed by atoms with Crippen LogP contribution in [-0.4, -0.2) is 5.75 Å². The average molecular weight is 257 g/mol. The zero-order chi connectivity index (χ0) is 9.68. The van der Waals surface area contributed by atoms with Gasteiger partial charge >= 0.3 is 0 Å². The number of aryl methyl sites for hydroxylation is 1. The normalized spacial score (nSPS) is 10.0. The standard InChI is InChI=1S/C11H13BrS/c1-9-4-3-5-11(8-9)13-7-6-10(2)12/h3-5,8H,2,6-7H2,1H3. The summed E-state index contributed by atoms with van der Waals surface area (Å²) in [5, 5.41) is 0.